The minimum Gasteiger partial charge on any atom is -0.207 e. The maximum Gasteiger partial charge on any atom is 0.242 e. The van der Waals surface area contributed by atoms with E-state index >= 15 is 0 Å². The maximum absolute atomic E-state index is 11.3. The Morgan fingerprint density at radius 2 is 2.17 bits per heavy atom. The molecule has 3 nitrogen and oxygen atoms in total. The van der Waals surface area contributed by atoms with Gasteiger partial charge in [-0.3, -0.25) is 0 Å². The predicted octanol–water partition coefficient (Wildman–Crippen LogP) is 1.13. The monoisotopic (exact) mass is 203 g/mol. The molecular formula is C7H6ClNO2S. The molecule has 0 fully saturated rings. The van der Waals surface area contributed by atoms with Gasteiger partial charge in [-0.05, 0) is 11.6 Å². The van der Waals surface area contributed by atoms with Gasteiger partial charge in [0.25, 0.3) is 0 Å². The average molecular weight is 204 g/mol. The molecule has 0 saturated heterocycles. The van der Waals surface area contributed by atoms with Crippen molar-refractivity contribution in [2.75, 3.05) is 0 Å². The summed E-state index contributed by atoms with van der Waals surface area (Å²) in [6, 6.07) is 5.06. The second kappa shape index (κ2) is 2.45. The largest absolute Gasteiger partial charge is 0.242 e. The smallest absolute Gasteiger partial charge is 0.207 e. The molecule has 0 saturated carbocycles. The van der Waals surface area contributed by atoms with E-state index in [4.69, 9.17) is 11.6 Å². The molecule has 1 heterocycles. The Morgan fingerprint density at radius 3 is 2.83 bits per heavy atom. The molecule has 0 atom stereocenters. The summed E-state index contributed by atoms with van der Waals surface area (Å²) >= 11 is 5.73. The fourth-order valence-corrected chi connectivity index (χ4v) is 3.04. The molecule has 0 aromatic heterocycles. The van der Waals surface area contributed by atoms with Gasteiger partial charge >= 0.3 is 0 Å². The van der Waals surface area contributed by atoms with Gasteiger partial charge in [0, 0.05) is 6.54 Å². The molecule has 1 aliphatic rings. The van der Waals surface area contributed by atoms with E-state index in [-0.39, 0.29) is 9.92 Å². The molecule has 12 heavy (non-hydrogen) atoms. The van der Waals surface area contributed by atoms with Gasteiger partial charge < -0.3 is 0 Å². The van der Waals surface area contributed by atoms with Crippen molar-refractivity contribution >= 4 is 21.6 Å². The van der Waals surface area contributed by atoms with Gasteiger partial charge in [-0.1, -0.05) is 23.7 Å². The first kappa shape index (κ1) is 8.04. The van der Waals surface area contributed by atoms with Crippen LogP contribution < -0.4 is 4.72 Å². The lowest BCUT2D eigenvalue weighted by Crippen LogP contribution is -2.14. The van der Waals surface area contributed by atoms with Crippen molar-refractivity contribution < 1.29 is 8.42 Å². The van der Waals surface area contributed by atoms with Crippen LogP contribution in [0.5, 0.6) is 0 Å². The zero-order chi connectivity index (χ0) is 8.77. The van der Waals surface area contributed by atoms with Crippen LogP contribution in [0.1, 0.15) is 5.56 Å². The molecule has 0 aliphatic carbocycles. The molecule has 5 heteroatoms. The number of halogens is 1. The van der Waals surface area contributed by atoms with Crippen LogP contribution in [0.4, 0.5) is 0 Å². The normalized spacial score (nSPS) is 19.1. The van der Waals surface area contributed by atoms with Crippen molar-refractivity contribution in [2.45, 2.75) is 11.4 Å². The predicted molar refractivity (Wildman–Crippen MR) is 45.5 cm³/mol. The summed E-state index contributed by atoms with van der Waals surface area (Å²) in [5, 5.41) is 0.289. The van der Waals surface area contributed by atoms with E-state index in [2.05, 4.69) is 4.72 Å². The molecule has 1 aromatic carbocycles. The fourth-order valence-electron chi connectivity index (χ4n) is 1.24. The molecular weight excluding hydrogens is 198 g/mol. The third-order valence-electron chi connectivity index (χ3n) is 1.77. The summed E-state index contributed by atoms with van der Waals surface area (Å²) < 4.78 is 24.9. The summed E-state index contributed by atoms with van der Waals surface area (Å²) in [6.45, 7) is 0.345. The van der Waals surface area contributed by atoms with E-state index < -0.39 is 10.0 Å². The average Bonchev–Trinajstić information content (AvgIpc) is 2.29. The van der Waals surface area contributed by atoms with E-state index in [9.17, 15) is 8.42 Å². The first-order valence-electron chi connectivity index (χ1n) is 3.38. The second-order valence-electron chi connectivity index (χ2n) is 2.55. The molecule has 0 bridgehead atoms. The van der Waals surface area contributed by atoms with Crippen molar-refractivity contribution in [1.29, 1.82) is 0 Å². The Bertz CT molecular complexity index is 427. The standard InChI is InChI=1S/C7H6ClNO2S/c8-6-3-1-2-5-4-9-12(10,11)7(5)6/h1-3,9H,4H2. The molecule has 2 rings (SSSR count). The number of fused-ring (bicyclic) bond motifs is 1. The second-order valence-corrected chi connectivity index (χ2v) is 4.66. The summed E-state index contributed by atoms with van der Waals surface area (Å²) in [5.74, 6) is 0. The van der Waals surface area contributed by atoms with Crippen LogP contribution in [0.25, 0.3) is 0 Å². The van der Waals surface area contributed by atoms with Crippen molar-refractivity contribution in [3.8, 4) is 0 Å². The number of sulfonamides is 1. The Morgan fingerprint density at radius 1 is 1.42 bits per heavy atom. The number of benzene rings is 1. The molecule has 0 radical (unpaired) electrons. The van der Waals surface area contributed by atoms with Crippen LogP contribution in [0.15, 0.2) is 23.1 Å². The van der Waals surface area contributed by atoms with Gasteiger partial charge in [-0.15, -0.1) is 0 Å². The van der Waals surface area contributed by atoms with Crippen molar-refractivity contribution in [1.82, 2.24) is 4.72 Å². The quantitative estimate of drug-likeness (QED) is 0.687. The molecule has 64 valence electrons. The third-order valence-corrected chi connectivity index (χ3v) is 3.74. The lowest BCUT2D eigenvalue weighted by molar-refractivity contribution is 0.589. The number of nitrogens with one attached hydrogen (secondary N) is 1. The number of rotatable bonds is 0. The number of hydrogen-bond acceptors (Lipinski definition) is 2. The Kier molecular flexibility index (Phi) is 1.64. The highest BCUT2D eigenvalue weighted by Gasteiger charge is 2.27. The number of hydrogen-bond donors (Lipinski definition) is 1. The molecule has 0 unspecified atom stereocenters. The Labute approximate surface area is 75.4 Å². The molecule has 1 N–H and O–H groups in total. The van der Waals surface area contributed by atoms with Crippen molar-refractivity contribution in [3.05, 3.63) is 28.8 Å². The zero-order valence-electron chi connectivity index (χ0n) is 6.04. The molecule has 1 aliphatic heterocycles. The van der Waals surface area contributed by atoms with Crippen LogP contribution in [-0.2, 0) is 16.6 Å². The first-order valence-corrected chi connectivity index (χ1v) is 5.24. The van der Waals surface area contributed by atoms with Gasteiger partial charge in [0.1, 0.15) is 4.90 Å². The van der Waals surface area contributed by atoms with E-state index in [1.807, 2.05) is 0 Å². The minimum absolute atomic E-state index is 0.228. The highest BCUT2D eigenvalue weighted by atomic mass is 35.5. The highest BCUT2D eigenvalue weighted by Crippen LogP contribution is 2.29. The van der Waals surface area contributed by atoms with Crippen LogP contribution in [0, 0.1) is 0 Å². The SMILES string of the molecule is O=S1(=O)NCc2cccc(Cl)c21. The van der Waals surface area contributed by atoms with Gasteiger partial charge in [0.2, 0.25) is 10.0 Å². The van der Waals surface area contributed by atoms with E-state index in [0.717, 1.165) is 5.56 Å². The van der Waals surface area contributed by atoms with Gasteiger partial charge in [-0.2, -0.15) is 0 Å². The fraction of sp³-hybridized carbons (Fsp3) is 0.143. The van der Waals surface area contributed by atoms with Gasteiger partial charge in [0.15, 0.2) is 0 Å². The zero-order valence-corrected chi connectivity index (χ0v) is 7.61. The van der Waals surface area contributed by atoms with Crippen molar-refractivity contribution in [2.24, 2.45) is 0 Å². The Hall–Kier alpha value is -0.580. The van der Waals surface area contributed by atoms with E-state index in [1.54, 1.807) is 18.2 Å². The first-order chi connectivity index (χ1) is 5.61. The lowest BCUT2D eigenvalue weighted by atomic mass is 10.2. The Balaban J connectivity index is 2.81. The summed E-state index contributed by atoms with van der Waals surface area (Å²) in [4.78, 5) is 0.228. The summed E-state index contributed by atoms with van der Waals surface area (Å²) in [6.07, 6.45) is 0. The maximum atomic E-state index is 11.3. The van der Waals surface area contributed by atoms with E-state index in [1.165, 1.54) is 0 Å². The topological polar surface area (TPSA) is 46.2 Å². The van der Waals surface area contributed by atoms with Crippen LogP contribution in [-0.4, -0.2) is 8.42 Å². The third kappa shape index (κ3) is 1.03. The summed E-state index contributed by atoms with van der Waals surface area (Å²) in [7, 11) is -3.32. The summed E-state index contributed by atoms with van der Waals surface area (Å²) in [5.41, 5.74) is 0.738. The van der Waals surface area contributed by atoms with Crippen molar-refractivity contribution in [3.63, 3.8) is 0 Å². The molecule has 0 amide bonds. The van der Waals surface area contributed by atoms with E-state index in [0.29, 0.717) is 6.54 Å². The van der Waals surface area contributed by atoms with Crippen LogP contribution in [0.3, 0.4) is 0 Å². The van der Waals surface area contributed by atoms with Gasteiger partial charge in [0.05, 0.1) is 5.02 Å². The lowest BCUT2D eigenvalue weighted by Gasteiger charge is -1.97. The molecule has 1 aromatic rings. The molecule has 0 spiro atoms. The van der Waals surface area contributed by atoms with Gasteiger partial charge in [-0.25, -0.2) is 13.1 Å². The highest BCUT2D eigenvalue weighted by molar-refractivity contribution is 7.90. The van der Waals surface area contributed by atoms with Crippen LogP contribution in [0.2, 0.25) is 5.02 Å². The van der Waals surface area contributed by atoms with Crippen LogP contribution >= 0.6 is 11.6 Å². The minimum atomic E-state index is -3.32.